The first-order valence-electron chi connectivity index (χ1n) is 6.00. The van der Waals surface area contributed by atoms with Crippen molar-refractivity contribution in [2.24, 2.45) is 5.92 Å². The molecule has 6 heteroatoms. The van der Waals surface area contributed by atoms with E-state index in [1.165, 1.54) is 12.1 Å². The zero-order valence-electron chi connectivity index (χ0n) is 10.8. The first-order chi connectivity index (χ1) is 9.06. The van der Waals surface area contributed by atoms with Gasteiger partial charge in [-0.2, -0.15) is 0 Å². The van der Waals surface area contributed by atoms with Gasteiger partial charge in [0.05, 0.1) is 10.6 Å². The Labute approximate surface area is 115 Å². The number of hydrogen-bond acceptors (Lipinski definition) is 5. The maximum absolute atomic E-state index is 10.6. The van der Waals surface area contributed by atoms with E-state index in [1.54, 1.807) is 23.5 Å². The summed E-state index contributed by atoms with van der Waals surface area (Å²) < 4.78 is 0. The van der Waals surface area contributed by atoms with E-state index >= 15 is 0 Å². The highest BCUT2D eigenvalue weighted by atomic mass is 32.1. The lowest BCUT2D eigenvalue weighted by Gasteiger charge is -2.04. The van der Waals surface area contributed by atoms with Crippen LogP contribution in [0.4, 0.5) is 10.8 Å². The highest BCUT2D eigenvalue weighted by Crippen LogP contribution is 2.26. The number of benzene rings is 1. The highest BCUT2D eigenvalue weighted by Gasteiger charge is 2.08. The van der Waals surface area contributed by atoms with Crippen LogP contribution >= 0.6 is 11.3 Å². The largest absolute Gasteiger partial charge is 0.361 e. The molecule has 5 nitrogen and oxygen atoms in total. The van der Waals surface area contributed by atoms with Crippen molar-refractivity contribution in [3.05, 3.63) is 39.8 Å². The minimum absolute atomic E-state index is 0.0946. The van der Waals surface area contributed by atoms with Crippen LogP contribution in [0.3, 0.4) is 0 Å². The summed E-state index contributed by atoms with van der Waals surface area (Å²) in [7, 11) is 0. The normalized spacial score (nSPS) is 10.7. The molecule has 0 bridgehead atoms. The molecule has 2 aromatic rings. The monoisotopic (exact) mass is 277 g/mol. The number of hydrogen-bond donors (Lipinski definition) is 1. The number of thiazole rings is 1. The predicted octanol–water partition coefficient (Wildman–Crippen LogP) is 3.79. The lowest BCUT2D eigenvalue weighted by Crippen LogP contribution is -2.07. The molecule has 0 spiro atoms. The van der Waals surface area contributed by atoms with Crippen molar-refractivity contribution in [2.45, 2.75) is 13.8 Å². The van der Waals surface area contributed by atoms with E-state index in [4.69, 9.17) is 0 Å². The first kappa shape index (κ1) is 13.5. The second-order valence-electron chi connectivity index (χ2n) is 4.62. The molecule has 0 radical (unpaired) electrons. The molecule has 19 heavy (non-hydrogen) atoms. The van der Waals surface area contributed by atoms with Crippen LogP contribution in [0.25, 0.3) is 11.3 Å². The van der Waals surface area contributed by atoms with Crippen molar-refractivity contribution < 1.29 is 4.92 Å². The van der Waals surface area contributed by atoms with Gasteiger partial charge in [0, 0.05) is 29.6 Å². The molecule has 0 amide bonds. The van der Waals surface area contributed by atoms with Crippen LogP contribution in [0.15, 0.2) is 29.6 Å². The zero-order chi connectivity index (χ0) is 13.8. The van der Waals surface area contributed by atoms with Gasteiger partial charge in [-0.3, -0.25) is 10.1 Å². The first-order valence-corrected chi connectivity index (χ1v) is 6.88. The number of aromatic nitrogens is 1. The number of non-ortho nitro benzene ring substituents is 1. The molecule has 0 atom stereocenters. The number of nitrogens with zero attached hydrogens (tertiary/aromatic N) is 2. The molecule has 0 saturated heterocycles. The summed E-state index contributed by atoms with van der Waals surface area (Å²) in [6.45, 7) is 5.16. The van der Waals surface area contributed by atoms with E-state index in [9.17, 15) is 10.1 Å². The van der Waals surface area contributed by atoms with E-state index < -0.39 is 4.92 Å². The maximum Gasteiger partial charge on any atom is 0.269 e. The molecular formula is C13H15N3O2S. The predicted molar refractivity (Wildman–Crippen MR) is 77.5 cm³/mol. The average Bonchev–Trinajstić information content (AvgIpc) is 2.85. The van der Waals surface area contributed by atoms with Crippen molar-refractivity contribution in [2.75, 3.05) is 11.9 Å². The third-order valence-electron chi connectivity index (χ3n) is 2.54. The highest BCUT2D eigenvalue weighted by molar-refractivity contribution is 7.14. The molecule has 1 aromatic carbocycles. The Hall–Kier alpha value is -1.95. The summed E-state index contributed by atoms with van der Waals surface area (Å²) in [5.74, 6) is 0.562. The van der Waals surface area contributed by atoms with Crippen LogP contribution in [0.1, 0.15) is 13.8 Å². The van der Waals surface area contributed by atoms with E-state index in [2.05, 4.69) is 24.1 Å². The summed E-state index contributed by atoms with van der Waals surface area (Å²) >= 11 is 1.54. The van der Waals surface area contributed by atoms with E-state index in [0.29, 0.717) is 5.92 Å². The average molecular weight is 277 g/mol. The van der Waals surface area contributed by atoms with Gasteiger partial charge < -0.3 is 5.32 Å². The minimum atomic E-state index is -0.402. The third kappa shape index (κ3) is 3.51. The second kappa shape index (κ2) is 5.79. The van der Waals surface area contributed by atoms with Crippen molar-refractivity contribution in [3.63, 3.8) is 0 Å². The zero-order valence-corrected chi connectivity index (χ0v) is 11.6. The van der Waals surface area contributed by atoms with Crippen LogP contribution in [-0.4, -0.2) is 16.5 Å². The molecule has 0 aliphatic carbocycles. The number of rotatable bonds is 5. The molecule has 0 aliphatic rings. The molecule has 1 aromatic heterocycles. The molecule has 0 fully saturated rings. The van der Waals surface area contributed by atoms with Gasteiger partial charge >= 0.3 is 0 Å². The molecule has 2 rings (SSSR count). The Morgan fingerprint density at radius 1 is 1.37 bits per heavy atom. The van der Waals surface area contributed by atoms with Gasteiger partial charge in [-0.05, 0) is 18.1 Å². The lowest BCUT2D eigenvalue weighted by molar-refractivity contribution is -0.384. The van der Waals surface area contributed by atoms with Crippen LogP contribution in [0.2, 0.25) is 0 Å². The van der Waals surface area contributed by atoms with E-state index in [1.807, 2.05) is 5.38 Å². The number of nitrogens with one attached hydrogen (secondary N) is 1. The van der Waals surface area contributed by atoms with Crippen LogP contribution in [0, 0.1) is 16.0 Å². The van der Waals surface area contributed by atoms with Crippen LogP contribution in [-0.2, 0) is 0 Å². The number of nitro groups is 1. The number of nitro benzene ring substituents is 1. The molecule has 1 N–H and O–H groups in total. The third-order valence-corrected chi connectivity index (χ3v) is 3.34. The summed E-state index contributed by atoms with van der Waals surface area (Å²) in [5.41, 5.74) is 1.82. The summed E-state index contributed by atoms with van der Waals surface area (Å²) in [5, 5.41) is 16.7. The number of anilines is 1. The van der Waals surface area contributed by atoms with Gasteiger partial charge in [-0.1, -0.05) is 13.8 Å². The van der Waals surface area contributed by atoms with Crippen LogP contribution < -0.4 is 5.32 Å². The van der Waals surface area contributed by atoms with Crippen molar-refractivity contribution in [1.29, 1.82) is 0 Å². The van der Waals surface area contributed by atoms with E-state index in [-0.39, 0.29) is 5.69 Å². The Morgan fingerprint density at radius 2 is 2.05 bits per heavy atom. The second-order valence-corrected chi connectivity index (χ2v) is 5.47. The van der Waals surface area contributed by atoms with Gasteiger partial charge in [0.2, 0.25) is 0 Å². The smallest absolute Gasteiger partial charge is 0.269 e. The maximum atomic E-state index is 10.6. The molecule has 0 saturated carbocycles. The Balaban J connectivity index is 2.11. The van der Waals surface area contributed by atoms with Crippen LogP contribution in [0.5, 0.6) is 0 Å². The quantitative estimate of drug-likeness (QED) is 0.667. The van der Waals surface area contributed by atoms with Crippen molar-refractivity contribution >= 4 is 22.2 Å². The minimum Gasteiger partial charge on any atom is -0.361 e. The van der Waals surface area contributed by atoms with Crippen molar-refractivity contribution in [1.82, 2.24) is 4.98 Å². The molecule has 0 unspecified atom stereocenters. The Bertz CT molecular complexity index is 564. The van der Waals surface area contributed by atoms with Crippen molar-refractivity contribution in [3.8, 4) is 11.3 Å². The Morgan fingerprint density at radius 3 is 2.63 bits per heavy atom. The van der Waals surface area contributed by atoms with Gasteiger partial charge in [0.1, 0.15) is 0 Å². The standard InChI is InChI=1S/C13H15N3O2S/c1-9(2)7-14-13-15-12(8-19-13)10-3-5-11(6-4-10)16(17)18/h3-6,8-9H,7H2,1-2H3,(H,14,15). The van der Waals surface area contributed by atoms with Gasteiger partial charge in [-0.25, -0.2) is 4.98 Å². The summed E-state index contributed by atoms with van der Waals surface area (Å²) in [6.07, 6.45) is 0. The fourth-order valence-corrected chi connectivity index (χ4v) is 2.26. The molecular weight excluding hydrogens is 262 g/mol. The molecule has 0 aliphatic heterocycles. The van der Waals surface area contributed by atoms with E-state index in [0.717, 1.165) is 22.9 Å². The molecule has 1 heterocycles. The Kier molecular flexibility index (Phi) is 4.11. The summed E-state index contributed by atoms with van der Waals surface area (Å²) in [6, 6.07) is 6.44. The lowest BCUT2D eigenvalue weighted by atomic mass is 10.1. The van der Waals surface area contributed by atoms with Gasteiger partial charge in [-0.15, -0.1) is 11.3 Å². The van der Waals surface area contributed by atoms with Gasteiger partial charge in [0.15, 0.2) is 5.13 Å². The fraction of sp³-hybridized carbons (Fsp3) is 0.308. The fourth-order valence-electron chi connectivity index (χ4n) is 1.53. The molecule has 100 valence electrons. The summed E-state index contributed by atoms with van der Waals surface area (Å²) in [4.78, 5) is 14.6. The topological polar surface area (TPSA) is 68.1 Å². The SMILES string of the molecule is CC(C)CNc1nc(-c2ccc([N+](=O)[O-])cc2)cs1. The van der Waals surface area contributed by atoms with Gasteiger partial charge in [0.25, 0.3) is 5.69 Å².